The molecular formula is C14H27N3O. The predicted octanol–water partition coefficient (Wildman–Crippen LogP) is 1.10. The van der Waals surface area contributed by atoms with Crippen LogP contribution in [0.3, 0.4) is 0 Å². The molecule has 18 heavy (non-hydrogen) atoms. The molecule has 0 aromatic carbocycles. The molecule has 1 saturated heterocycles. The van der Waals surface area contributed by atoms with Crippen LogP contribution in [-0.4, -0.2) is 42.5 Å². The number of likely N-dealkylation sites (tertiary alicyclic amines) is 1. The Hall–Kier alpha value is -0.610. The van der Waals surface area contributed by atoms with Crippen LogP contribution >= 0.6 is 0 Å². The summed E-state index contributed by atoms with van der Waals surface area (Å²) in [6, 6.07) is 1.29. The second-order valence-electron chi connectivity index (χ2n) is 6.62. The average Bonchev–Trinajstić information content (AvgIpc) is 2.60. The summed E-state index contributed by atoms with van der Waals surface area (Å²) in [5, 5.41) is 3.84. The molecule has 1 saturated carbocycles. The average molecular weight is 253 g/mol. The third-order valence-corrected chi connectivity index (χ3v) is 4.66. The summed E-state index contributed by atoms with van der Waals surface area (Å²) in [6.07, 6.45) is 6.28. The minimum atomic E-state index is -0.210. The van der Waals surface area contributed by atoms with E-state index in [1.165, 1.54) is 19.3 Å². The zero-order chi connectivity index (χ0) is 13.2. The molecule has 0 radical (unpaired) electrons. The monoisotopic (exact) mass is 253 g/mol. The van der Waals surface area contributed by atoms with E-state index in [0.717, 1.165) is 25.9 Å². The first-order chi connectivity index (χ1) is 8.47. The Kier molecular flexibility index (Phi) is 4.28. The maximum atomic E-state index is 10.9. The number of nitrogens with one attached hydrogen (secondary N) is 1. The van der Waals surface area contributed by atoms with E-state index in [1.807, 2.05) is 0 Å². The van der Waals surface area contributed by atoms with Gasteiger partial charge in [-0.2, -0.15) is 0 Å². The smallest absolute Gasteiger partial charge is 0.231 e. The maximum Gasteiger partial charge on any atom is 0.231 e. The van der Waals surface area contributed by atoms with E-state index in [1.54, 1.807) is 0 Å². The van der Waals surface area contributed by atoms with Crippen molar-refractivity contribution in [2.75, 3.05) is 19.6 Å². The number of primary amides is 1. The van der Waals surface area contributed by atoms with Crippen LogP contribution in [0.25, 0.3) is 0 Å². The van der Waals surface area contributed by atoms with Gasteiger partial charge in [0.2, 0.25) is 5.91 Å². The third-order valence-electron chi connectivity index (χ3n) is 4.66. The highest BCUT2D eigenvalue weighted by Crippen LogP contribution is 2.37. The number of nitrogens with two attached hydrogens (primary N) is 1. The Morgan fingerprint density at radius 2 is 2.00 bits per heavy atom. The Bertz CT molecular complexity index is 295. The Balaban J connectivity index is 1.75. The number of hydrogen-bond acceptors (Lipinski definition) is 3. The van der Waals surface area contributed by atoms with Gasteiger partial charge in [-0.3, -0.25) is 9.69 Å². The Morgan fingerprint density at radius 3 is 2.50 bits per heavy atom. The van der Waals surface area contributed by atoms with Gasteiger partial charge in [0, 0.05) is 25.2 Å². The summed E-state index contributed by atoms with van der Waals surface area (Å²) in [4.78, 5) is 13.0. The molecule has 1 heterocycles. The summed E-state index contributed by atoms with van der Waals surface area (Å²) >= 11 is 0. The topological polar surface area (TPSA) is 58.4 Å². The molecular weight excluding hydrogens is 226 g/mol. The van der Waals surface area contributed by atoms with Gasteiger partial charge in [0.1, 0.15) is 0 Å². The standard InChI is InChI=1S/C14H27N3O/c1-14(2)7-3-4-12(14)16-11-5-8-17(9-6-11)10-13(15)18/h11-12,16H,3-10H2,1-2H3,(H2,15,18). The van der Waals surface area contributed by atoms with E-state index in [4.69, 9.17) is 5.73 Å². The van der Waals surface area contributed by atoms with Gasteiger partial charge < -0.3 is 11.1 Å². The lowest BCUT2D eigenvalue weighted by Gasteiger charge is -2.36. The Labute approximate surface area is 110 Å². The molecule has 4 heteroatoms. The molecule has 1 aliphatic heterocycles. The van der Waals surface area contributed by atoms with Crippen LogP contribution in [0.15, 0.2) is 0 Å². The van der Waals surface area contributed by atoms with Gasteiger partial charge in [-0.15, -0.1) is 0 Å². The predicted molar refractivity (Wildman–Crippen MR) is 73.2 cm³/mol. The molecule has 1 unspecified atom stereocenters. The van der Waals surface area contributed by atoms with Crippen LogP contribution in [0.4, 0.5) is 0 Å². The van der Waals surface area contributed by atoms with Crippen molar-refractivity contribution in [2.45, 2.75) is 58.0 Å². The summed E-state index contributed by atoms with van der Waals surface area (Å²) < 4.78 is 0. The van der Waals surface area contributed by atoms with Crippen LogP contribution in [0.2, 0.25) is 0 Å². The minimum Gasteiger partial charge on any atom is -0.369 e. The first-order valence-electron chi connectivity index (χ1n) is 7.24. The molecule has 3 N–H and O–H groups in total. The molecule has 4 nitrogen and oxygen atoms in total. The molecule has 1 aliphatic carbocycles. The highest BCUT2D eigenvalue weighted by Gasteiger charge is 2.35. The summed E-state index contributed by atoms with van der Waals surface area (Å²) in [5.41, 5.74) is 5.68. The number of carbonyl (C=O) groups is 1. The van der Waals surface area contributed by atoms with Crippen LogP contribution < -0.4 is 11.1 Å². The van der Waals surface area contributed by atoms with Crippen LogP contribution in [0, 0.1) is 5.41 Å². The SMILES string of the molecule is CC1(C)CCCC1NC1CCN(CC(N)=O)CC1. The largest absolute Gasteiger partial charge is 0.369 e. The van der Waals surface area contributed by atoms with E-state index >= 15 is 0 Å². The lowest BCUT2D eigenvalue weighted by Crippen LogP contribution is -2.50. The lowest BCUT2D eigenvalue weighted by atomic mass is 9.86. The van der Waals surface area contributed by atoms with Gasteiger partial charge in [0.15, 0.2) is 0 Å². The van der Waals surface area contributed by atoms with Crippen molar-refractivity contribution >= 4 is 5.91 Å². The molecule has 1 amide bonds. The van der Waals surface area contributed by atoms with Crippen molar-refractivity contribution in [1.82, 2.24) is 10.2 Å². The van der Waals surface area contributed by atoms with Crippen LogP contribution in [-0.2, 0) is 4.79 Å². The second-order valence-corrected chi connectivity index (χ2v) is 6.62. The number of carbonyl (C=O) groups excluding carboxylic acids is 1. The molecule has 0 aromatic heterocycles. The van der Waals surface area contributed by atoms with Crippen LogP contribution in [0.5, 0.6) is 0 Å². The van der Waals surface area contributed by atoms with Crippen molar-refractivity contribution < 1.29 is 4.79 Å². The molecule has 2 aliphatic rings. The van der Waals surface area contributed by atoms with Gasteiger partial charge in [0.05, 0.1) is 6.54 Å². The van der Waals surface area contributed by atoms with E-state index in [9.17, 15) is 4.79 Å². The first-order valence-corrected chi connectivity index (χ1v) is 7.24. The number of amides is 1. The van der Waals surface area contributed by atoms with Crippen molar-refractivity contribution in [3.05, 3.63) is 0 Å². The van der Waals surface area contributed by atoms with Gasteiger partial charge in [-0.25, -0.2) is 0 Å². The maximum absolute atomic E-state index is 10.9. The molecule has 1 atom stereocenters. The van der Waals surface area contributed by atoms with Crippen LogP contribution in [0.1, 0.15) is 46.0 Å². The molecule has 0 spiro atoms. The molecule has 2 fully saturated rings. The fourth-order valence-corrected chi connectivity index (χ4v) is 3.40. The highest BCUT2D eigenvalue weighted by atomic mass is 16.1. The number of rotatable bonds is 4. The van der Waals surface area contributed by atoms with Crippen molar-refractivity contribution in [3.63, 3.8) is 0 Å². The fraction of sp³-hybridized carbons (Fsp3) is 0.929. The zero-order valence-corrected chi connectivity index (χ0v) is 11.7. The molecule has 104 valence electrons. The van der Waals surface area contributed by atoms with Gasteiger partial charge in [-0.05, 0) is 31.1 Å². The molecule has 0 bridgehead atoms. The number of piperidine rings is 1. The van der Waals surface area contributed by atoms with Crippen molar-refractivity contribution in [2.24, 2.45) is 11.1 Å². The second kappa shape index (κ2) is 5.57. The Morgan fingerprint density at radius 1 is 1.33 bits per heavy atom. The van der Waals surface area contributed by atoms with E-state index in [2.05, 4.69) is 24.1 Å². The van der Waals surface area contributed by atoms with E-state index in [0.29, 0.717) is 24.0 Å². The van der Waals surface area contributed by atoms with Gasteiger partial charge in [0.25, 0.3) is 0 Å². The number of hydrogen-bond donors (Lipinski definition) is 2. The van der Waals surface area contributed by atoms with E-state index in [-0.39, 0.29) is 5.91 Å². The number of nitrogens with zero attached hydrogens (tertiary/aromatic N) is 1. The lowest BCUT2D eigenvalue weighted by molar-refractivity contribution is -0.119. The first kappa shape index (κ1) is 13.8. The summed E-state index contributed by atoms with van der Waals surface area (Å²) in [7, 11) is 0. The van der Waals surface area contributed by atoms with E-state index < -0.39 is 0 Å². The van der Waals surface area contributed by atoms with Crippen molar-refractivity contribution in [1.29, 1.82) is 0 Å². The molecule has 2 rings (SSSR count). The molecule has 0 aromatic rings. The quantitative estimate of drug-likeness (QED) is 0.789. The summed E-state index contributed by atoms with van der Waals surface area (Å²) in [5.74, 6) is -0.210. The highest BCUT2D eigenvalue weighted by molar-refractivity contribution is 5.75. The van der Waals surface area contributed by atoms with Crippen molar-refractivity contribution in [3.8, 4) is 0 Å². The van der Waals surface area contributed by atoms with Gasteiger partial charge >= 0.3 is 0 Å². The van der Waals surface area contributed by atoms with Gasteiger partial charge in [-0.1, -0.05) is 20.3 Å². The zero-order valence-electron chi connectivity index (χ0n) is 11.7. The summed E-state index contributed by atoms with van der Waals surface area (Å²) in [6.45, 7) is 7.16. The fourth-order valence-electron chi connectivity index (χ4n) is 3.40. The third kappa shape index (κ3) is 3.45. The minimum absolute atomic E-state index is 0.210. The normalized spacial score (nSPS) is 29.6.